The zero-order chi connectivity index (χ0) is 14.9. The van der Waals surface area contributed by atoms with Crippen molar-refractivity contribution in [1.29, 1.82) is 0 Å². The quantitative estimate of drug-likeness (QED) is 0.810. The summed E-state index contributed by atoms with van der Waals surface area (Å²) in [6.07, 6.45) is 7.68. The lowest BCUT2D eigenvalue weighted by atomic mass is 9.83. The van der Waals surface area contributed by atoms with E-state index in [1.165, 1.54) is 19.3 Å². The molecule has 0 aliphatic carbocycles. The number of fused-ring (bicyclic) bond motifs is 2. The fourth-order valence-electron chi connectivity index (χ4n) is 4.37. The van der Waals surface area contributed by atoms with Crippen molar-refractivity contribution >= 4 is 10.0 Å². The first-order valence-electron chi connectivity index (χ1n) is 8.46. The van der Waals surface area contributed by atoms with Gasteiger partial charge in [0.15, 0.2) is 0 Å². The number of hydrogen-bond donors (Lipinski definition) is 2. The summed E-state index contributed by atoms with van der Waals surface area (Å²) in [5.41, 5.74) is 0. The van der Waals surface area contributed by atoms with Crippen LogP contribution in [0.15, 0.2) is 0 Å². The molecule has 3 saturated heterocycles. The third-order valence-electron chi connectivity index (χ3n) is 5.60. The van der Waals surface area contributed by atoms with E-state index >= 15 is 0 Å². The molecule has 0 aromatic carbocycles. The van der Waals surface area contributed by atoms with Gasteiger partial charge in [0.25, 0.3) is 0 Å². The Morgan fingerprint density at radius 1 is 1.10 bits per heavy atom. The zero-order valence-corrected chi connectivity index (χ0v) is 13.9. The molecule has 5 nitrogen and oxygen atoms in total. The molecule has 0 saturated carbocycles. The summed E-state index contributed by atoms with van der Waals surface area (Å²) < 4.78 is 27.9. The molecule has 3 fully saturated rings. The lowest BCUT2D eigenvalue weighted by Crippen LogP contribution is -2.55. The highest BCUT2D eigenvalue weighted by atomic mass is 32.2. The van der Waals surface area contributed by atoms with E-state index in [4.69, 9.17) is 0 Å². The standard InChI is InChI=1S/C15H29N3O2S/c1-18-14-3-2-4-15(18)10-13(9-14)17-21(19,20)11-12-5-7-16-8-6-12/h12-17H,2-11H2,1H3. The number of sulfonamides is 1. The molecule has 3 heterocycles. The number of nitrogens with zero attached hydrogens (tertiary/aromatic N) is 1. The molecule has 0 amide bonds. The van der Waals surface area contributed by atoms with E-state index in [0.717, 1.165) is 38.8 Å². The van der Waals surface area contributed by atoms with E-state index in [1.54, 1.807) is 0 Å². The monoisotopic (exact) mass is 315 g/mol. The molecule has 0 radical (unpaired) electrons. The summed E-state index contributed by atoms with van der Waals surface area (Å²) in [5, 5.41) is 3.29. The fourth-order valence-corrected chi connectivity index (χ4v) is 6.12. The molecule has 2 bridgehead atoms. The van der Waals surface area contributed by atoms with Crippen LogP contribution in [0, 0.1) is 5.92 Å². The van der Waals surface area contributed by atoms with Gasteiger partial charge in [-0.15, -0.1) is 0 Å². The molecule has 3 aliphatic rings. The molecule has 2 atom stereocenters. The van der Waals surface area contributed by atoms with Crippen LogP contribution in [0.2, 0.25) is 0 Å². The van der Waals surface area contributed by atoms with Crippen molar-refractivity contribution in [2.75, 3.05) is 25.9 Å². The molecular formula is C15H29N3O2S. The first-order chi connectivity index (χ1) is 10.0. The second-order valence-electron chi connectivity index (χ2n) is 7.16. The maximum Gasteiger partial charge on any atom is 0.212 e. The third-order valence-corrected chi connectivity index (χ3v) is 7.20. The van der Waals surface area contributed by atoms with E-state index in [0.29, 0.717) is 23.8 Å². The normalized spacial score (nSPS) is 35.8. The molecule has 3 rings (SSSR count). The van der Waals surface area contributed by atoms with Crippen LogP contribution in [-0.2, 0) is 10.0 Å². The van der Waals surface area contributed by atoms with Gasteiger partial charge in [0.2, 0.25) is 10.0 Å². The number of hydrogen-bond acceptors (Lipinski definition) is 4. The molecule has 2 N–H and O–H groups in total. The Hall–Kier alpha value is -0.170. The van der Waals surface area contributed by atoms with Crippen LogP contribution in [-0.4, -0.2) is 57.3 Å². The highest BCUT2D eigenvalue weighted by Gasteiger charge is 2.37. The van der Waals surface area contributed by atoms with Crippen molar-refractivity contribution in [2.24, 2.45) is 5.92 Å². The smallest absolute Gasteiger partial charge is 0.212 e. The first-order valence-corrected chi connectivity index (χ1v) is 10.1. The second-order valence-corrected chi connectivity index (χ2v) is 8.96. The van der Waals surface area contributed by atoms with Crippen molar-refractivity contribution in [1.82, 2.24) is 14.9 Å². The molecule has 6 heteroatoms. The molecule has 0 aromatic rings. The Morgan fingerprint density at radius 3 is 2.33 bits per heavy atom. The van der Waals surface area contributed by atoms with Crippen LogP contribution in [0.4, 0.5) is 0 Å². The average Bonchev–Trinajstić information content (AvgIpc) is 2.40. The van der Waals surface area contributed by atoms with Crippen LogP contribution in [0.5, 0.6) is 0 Å². The van der Waals surface area contributed by atoms with Gasteiger partial charge in [-0.05, 0) is 64.6 Å². The van der Waals surface area contributed by atoms with Crippen LogP contribution in [0.3, 0.4) is 0 Å². The van der Waals surface area contributed by atoms with Crippen LogP contribution < -0.4 is 10.0 Å². The number of piperidine rings is 3. The van der Waals surface area contributed by atoms with Gasteiger partial charge in [0.1, 0.15) is 0 Å². The van der Waals surface area contributed by atoms with Gasteiger partial charge in [0, 0.05) is 18.1 Å². The summed E-state index contributed by atoms with van der Waals surface area (Å²) in [6, 6.07) is 1.30. The first kappa shape index (κ1) is 15.7. The SMILES string of the molecule is CN1C2CCCC1CC(NS(=O)(=O)CC1CCNCC1)C2. The molecule has 3 aliphatic heterocycles. The van der Waals surface area contributed by atoms with Crippen LogP contribution in [0.25, 0.3) is 0 Å². The van der Waals surface area contributed by atoms with Gasteiger partial charge in [0.05, 0.1) is 5.75 Å². The molecular weight excluding hydrogens is 286 g/mol. The van der Waals surface area contributed by atoms with Gasteiger partial charge in [-0.2, -0.15) is 0 Å². The van der Waals surface area contributed by atoms with Crippen molar-refractivity contribution in [3.8, 4) is 0 Å². The highest BCUT2D eigenvalue weighted by molar-refractivity contribution is 7.89. The zero-order valence-electron chi connectivity index (χ0n) is 13.1. The van der Waals surface area contributed by atoms with E-state index in [-0.39, 0.29) is 6.04 Å². The Kier molecular flexibility index (Phi) is 4.88. The Labute approximate surface area is 128 Å². The average molecular weight is 315 g/mol. The van der Waals surface area contributed by atoms with Gasteiger partial charge < -0.3 is 10.2 Å². The second kappa shape index (κ2) is 6.52. The maximum atomic E-state index is 12.4. The Bertz CT molecular complexity index is 434. The Morgan fingerprint density at radius 2 is 1.71 bits per heavy atom. The topological polar surface area (TPSA) is 61.4 Å². The highest BCUT2D eigenvalue weighted by Crippen LogP contribution is 2.33. The minimum Gasteiger partial charge on any atom is -0.317 e. The number of nitrogens with one attached hydrogen (secondary N) is 2. The summed E-state index contributed by atoms with van der Waals surface area (Å²) in [4.78, 5) is 2.47. The molecule has 21 heavy (non-hydrogen) atoms. The summed E-state index contributed by atoms with van der Waals surface area (Å²) in [6.45, 7) is 1.91. The van der Waals surface area contributed by atoms with E-state index in [2.05, 4.69) is 22.0 Å². The third kappa shape index (κ3) is 3.97. The van der Waals surface area contributed by atoms with Crippen molar-refractivity contribution < 1.29 is 8.42 Å². The predicted molar refractivity (Wildman–Crippen MR) is 84.7 cm³/mol. The summed E-state index contributed by atoms with van der Waals surface area (Å²) >= 11 is 0. The van der Waals surface area contributed by atoms with E-state index in [1.807, 2.05) is 0 Å². The van der Waals surface area contributed by atoms with Gasteiger partial charge in [-0.25, -0.2) is 13.1 Å². The number of rotatable bonds is 4. The van der Waals surface area contributed by atoms with Gasteiger partial charge >= 0.3 is 0 Å². The van der Waals surface area contributed by atoms with Crippen molar-refractivity contribution in [3.05, 3.63) is 0 Å². The Balaban J connectivity index is 1.55. The summed E-state index contributed by atoms with van der Waals surface area (Å²) in [7, 11) is -0.923. The molecule has 0 aromatic heterocycles. The van der Waals surface area contributed by atoms with Crippen LogP contribution >= 0.6 is 0 Å². The van der Waals surface area contributed by atoms with E-state index < -0.39 is 10.0 Å². The minimum atomic E-state index is -3.13. The van der Waals surface area contributed by atoms with E-state index in [9.17, 15) is 8.42 Å². The molecule has 0 spiro atoms. The lowest BCUT2D eigenvalue weighted by molar-refractivity contribution is 0.0536. The van der Waals surface area contributed by atoms with Crippen molar-refractivity contribution in [2.45, 2.75) is 63.1 Å². The summed E-state index contributed by atoms with van der Waals surface area (Å²) in [5.74, 6) is 0.644. The fraction of sp³-hybridized carbons (Fsp3) is 1.00. The van der Waals surface area contributed by atoms with Crippen LogP contribution in [0.1, 0.15) is 44.9 Å². The van der Waals surface area contributed by atoms with Crippen molar-refractivity contribution in [3.63, 3.8) is 0 Å². The molecule has 122 valence electrons. The minimum absolute atomic E-state index is 0.156. The maximum absolute atomic E-state index is 12.4. The predicted octanol–water partition coefficient (Wildman–Crippen LogP) is 0.921. The van der Waals surface area contributed by atoms with Gasteiger partial charge in [-0.3, -0.25) is 0 Å². The lowest BCUT2D eigenvalue weighted by Gasteiger charge is -2.47. The molecule has 2 unspecified atom stereocenters. The van der Waals surface area contributed by atoms with Gasteiger partial charge in [-0.1, -0.05) is 6.42 Å². The largest absolute Gasteiger partial charge is 0.317 e.